The number of likely N-dealkylation sites (N-methyl/N-ethyl adjacent to an activating group) is 1. The topological polar surface area (TPSA) is 124 Å². The molecular formula is C20H21BrN4O6S. The Morgan fingerprint density at radius 2 is 1.91 bits per heavy atom. The lowest BCUT2D eigenvalue weighted by molar-refractivity contribution is -0.121. The first-order chi connectivity index (χ1) is 15.2. The molecule has 0 atom stereocenters. The Labute approximate surface area is 193 Å². The van der Waals surface area contributed by atoms with Crippen LogP contribution in [0.15, 0.2) is 56.4 Å². The van der Waals surface area contributed by atoms with E-state index in [1.807, 2.05) is 24.3 Å². The van der Waals surface area contributed by atoms with Crippen LogP contribution in [0.1, 0.15) is 5.89 Å². The van der Waals surface area contributed by atoms with Gasteiger partial charge >= 0.3 is 0 Å². The second kappa shape index (κ2) is 10.1. The summed E-state index contributed by atoms with van der Waals surface area (Å²) in [6.45, 7) is -0.437. The first-order valence-corrected chi connectivity index (χ1v) is 11.5. The Morgan fingerprint density at radius 3 is 2.59 bits per heavy atom. The van der Waals surface area contributed by atoms with E-state index in [9.17, 15) is 13.2 Å². The highest BCUT2D eigenvalue weighted by Crippen LogP contribution is 2.30. The molecule has 170 valence electrons. The Kier molecular flexibility index (Phi) is 7.48. The predicted octanol–water partition coefficient (Wildman–Crippen LogP) is 2.45. The SMILES string of the molecule is COc1ccc(S(=O)(=O)N(C)CC(=O)NCc2nc(-c3cccc(Br)c3)no2)cc1OC. The number of nitrogens with one attached hydrogen (secondary N) is 1. The average molecular weight is 525 g/mol. The number of carbonyl (C=O) groups excluding carboxylic acids is 1. The Balaban J connectivity index is 1.61. The summed E-state index contributed by atoms with van der Waals surface area (Å²) in [5, 5.41) is 6.46. The molecule has 32 heavy (non-hydrogen) atoms. The van der Waals surface area contributed by atoms with E-state index in [0.717, 1.165) is 14.3 Å². The Hall–Kier alpha value is -2.96. The van der Waals surface area contributed by atoms with Gasteiger partial charge in [0.2, 0.25) is 27.6 Å². The number of sulfonamides is 1. The first-order valence-electron chi connectivity index (χ1n) is 9.28. The van der Waals surface area contributed by atoms with Crippen LogP contribution in [0.5, 0.6) is 11.5 Å². The van der Waals surface area contributed by atoms with Gasteiger partial charge in [0.05, 0.1) is 32.2 Å². The number of hydrogen-bond donors (Lipinski definition) is 1. The van der Waals surface area contributed by atoms with Crippen LogP contribution in [0.4, 0.5) is 0 Å². The summed E-state index contributed by atoms with van der Waals surface area (Å²) in [4.78, 5) is 16.5. The van der Waals surface area contributed by atoms with Crippen molar-refractivity contribution in [3.8, 4) is 22.9 Å². The van der Waals surface area contributed by atoms with Gasteiger partial charge in [0.25, 0.3) is 0 Å². The van der Waals surface area contributed by atoms with Gasteiger partial charge in [0.1, 0.15) is 0 Å². The normalized spacial score (nSPS) is 11.4. The second-order valence-corrected chi connectivity index (χ2v) is 9.54. The molecule has 0 aliphatic heterocycles. The van der Waals surface area contributed by atoms with Crippen molar-refractivity contribution in [1.82, 2.24) is 19.8 Å². The molecule has 1 N–H and O–H groups in total. The van der Waals surface area contributed by atoms with Crippen molar-refractivity contribution in [2.24, 2.45) is 0 Å². The molecule has 0 radical (unpaired) electrons. The monoisotopic (exact) mass is 524 g/mol. The van der Waals surface area contributed by atoms with E-state index in [2.05, 4.69) is 31.4 Å². The van der Waals surface area contributed by atoms with E-state index in [-0.39, 0.29) is 23.1 Å². The third-order valence-corrected chi connectivity index (χ3v) is 6.71. The number of hydrogen-bond acceptors (Lipinski definition) is 8. The van der Waals surface area contributed by atoms with Gasteiger partial charge in [0.15, 0.2) is 11.5 Å². The molecule has 1 aromatic heterocycles. The molecule has 12 heteroatoms. The van der Waals surface area contributed by atoms with Crippen molar-refractivity contribution < 1.29 is 27.2 Å². The molecule has 0 saturated heterocycles. The molecule has 1 heterocycles. The Morgan fingerprint density at radius 1 is 1.16 bits per heavy atom. The minimum Gasteiger partial charge on any atom is -0.493 e. The zero-order chi connectivity index (χ0) is 23.3. The maximum absolute atomic E-state index is 12.8. The molecule has 0 unspecified atom stereocenters. The zero-order valence-corrected chi connectivity index (χ0v) is 19.9. The average Bonchev–Trinajstić information content (AvgIpc) is 3.26. The second-order valence-electron chi connectivity index (χ2n) is 6.58. The quantitative estimate of drug-likeness (QED) is 0.452. The molecule has 10 nitrogen and oxygen atoms in total. The molecule has 0 spiro atoms. The minimum atomic E-state index is -3.93. The number of amides is 1. The summed E-state index contributed by atoms with van der Waals surface area (Å²) in [5.74, 6) is 0.707. The van der Waals surface area contributed by atoms with E-state index in [4.69, 9.17) is 14.0 Å². The highest BCUT2D eigenvalue weighted by atomic mass is 79.9. The maximum atomic E-state index is 12.8. The summed E-state index contributed by atoms with van der Waals surface area (Å²) in [6, 6.07) is 11.6. The van der Waals surface area contributed by atoms with Crippen LogP contribution in [-0.4, -0.2) is 56.6 Å². The number of carbonyl (C=O) groups is 1. The summed E-state index contributed by atoms with van der Waals surface area (Å²) in [5.41, 5.74) is 0.751. The van der Waals surface area contributed by atoms with Gasteiger partial charge in [-0.05, 0) is 24.3 Å². The number of rotatable bonds is 9. The standard InChI is InChI=1S/C20H21BrN4O6S/c1-25(32(27,28)15-7-8-16(29-2)17(10-15)30-3)12-18(26)22-11-19-23-20(24-31-19)13-5-4-6-14(21)9-13/h4-10H,11-12H2,1-3H3,(H,22,26). The van der Waals surface area contributed by atoms with E-state index in [0.29, 0.717) is 11.6 Å². The van der Waals surface area contributed by atoms with Crippen LogP contribution in [0, 0.1) is 0 Å². The fourth-order valence-corrected chi connectivity index (χ4v) is 4.29. The molecule has 3 aromatic rings. The third-order valence-electron chi connectivity index (χ3n) is 4.42. The largest absolute Gasteiger partial charge is 0.493 e. The van der Waals surface area contributed by atoms with Gasteiger partial charge in [-0.1, -0.05) is 33.2 Å². The number of nitrogens with zero attached hydrogens (tertiary/aromatic N) is 3. The Bertz CT molecular complexity index is 1210. The van der Waals surface area contributed by atoms with E-state index < -0.39 is 22.5 Å². The lowest BCUT2D eigenvalue weighted by Crippen LogP contribution is -2.38. The number of benzene rings is 2. The van der Waals surface area contributed by atoms with E-state index in [1.165, 1.54) is 39.5 Å². The maximum Gasteiger partial charge on any atom is 0.246 e. The summed E-state index contributed by atoms with van der Waals surface area (Å²) in [7, 11) is 0.239. The number of aromatic nitrogens is 2. The highest BCUT2D eigenvalue weighted by Gasteiger charge is 2.24. The molecule has 2 aromatic carbocycles. The lowest BCUT2D eigenvalue weighted by atomic mass is 10.2. The van der Waals surface area contributed by atoms with Crippen molar-refractivity contribution >= 4 is 31.9 Å². The van der Waals surface area contributed by atoms with Gasteiger partial charge in [-0.25, -0.2) is 8.42 Å². The fraction of sp³-hybridized carbons (Fsp3) is 0.250. The van der Waals surface area contributed by atoms with Gasteiger partial charge in [-0.15, -0.1) is 0 Å². The van der Waals surface area contributed by atoms with Crippen molar-refractivity contribution in [1.29, 1.82) is 0 Å². The first kappa shape index (κ1) is 23.7. The number of methoxy groups -OCH3 is 2. The summed E-state index contributed by atoms with van der Waals surface area (Å²) in [6.07, 6.45) is 0. The molecule has 1 amide bonds. The molecule has 3 rings (SSSR count). The van der Waals surface area contributed by atoms with Crippen molar-refractivity contribution in [3.05, 3.63) is 52.8 Å². The zero-order valence-electron chi connectivity index (χ0n) is 17.5. The van der Waals surface area contributed by atoms with Crippen LogP contribution in [0.2, 0.25) is 0 Å². The van der Waals surface area contributed by atoms with Crippen LogP contribution in [-0.2, 0) is 21.4 Å². The van der Waals surface area contributed by atoms with E-state index in [1.54, 1.807) is 0 Å². The van der Waals surface area contributed by atoms with Crippen molar-refractivity contribution in [2.45, 2.75) is 11.4 Å². The summed E-state index contributed by atoms with van der Waals surface area (Å²) >= 11 is 3.38. The molecule has 0 aliphatic rings. The third kappa shape index (κ3) is 5.44. The minimum absolute atomic E-state index is 0.0268. The number of ether oxygens (including phenoxy) is 2. The smallest absolute Gasteiger partial charge is 0.246 e. The molecule has 0 fully saturated rings. The van der Waals surface area contributed by atoms with Gasteiger partial charge in [-0.3, -0.25) is 4.79 Å². The lowest BCUT2D eigenvalue weighted by Gasteiger charge is -2.17. The van der Waals surface area contributed by atoms with Gasteiger partial charge < -0.3 is 19.3 Å². The van der Waals surface area contributed by atoms with Crippen LogP contribution < -0.4 is 14.8 Å². The highest BCUT2D eigenvalue weighted by molar-refractivity contribution is 9.10. The van der Waals surface area contributed by atoms with Crippen molar-refractivity contribution in [3.63, 3.8) is 0 Å². The van der Waals surface area contributed by atoms with Crippen LogP contribution in [0.25, 0.3) is 11.4 Å². The molecular weight excluding hydrogens is 504 g/mol. The van der Waals surface area contributed by atoms with Gasteiger partial charge in [-0.2, -0.15) is 9.29 Å². The molecule has 0 bridgehead atoms. The van der Waals surface area contributed by atoms with Gasteiger partial charge in [0, 0.05) is 23.2 Å². The van der Waals surface area contributed by atoms with E-state index >= 15 is 0 Å². The fourth-order valence-electron chi connectivity index (χ4n) is 2.75. The van der Waals surface area contributed by atoms with Crippen LogP contribution >= 0.6 is 15.9 Å². The van der Waals surface area contributed by atoms with Crippen LogP contribution in [0.3, 0.4) is 0 Å². The number of halogens is 1. The predicted molar refractivity (Wildman–Crippen MR) is 119 cm³/mol. The molecule has 0 aliphatic carbocycles. The molecule has 0 saturated carbocycles. The summed E-state index contributed by atoms with van der Waals surface area (Å²) < 4.78 is 42.8. The van der Waals surface area contributed by atoms with Crippen molar-refractivity contribution in [2.75, 3.05) is 27.8 Å².